The van der Waals surface area contributed by atoms with Crippen LogP contribution in [0.25, 0.3) is 0 Å². The molecular formula is C10H13NO5. The molecule has 0 saturated carbocycles. The molecule has 0 spiro atoms. The molecule has 0 saturated heterocycles. The average molecular weight is 227 g/mol. The summed E-state index contributed by atoms with van der Waals surface area (Å²) in [5.74, 6) is -0.654. The predicted molar refractivity (Wildman–Crippen MR) is 54.7 cm³/mol. The van der Waals surface area contributed by atoms with Crippen LogP contribution in [0, 0.1) is 0 Å². The molecule has 0 aromatic carbocycles. The van der Waals surface area contributed by atoms with E-state index in [1.807, 2.05) is 0 Å². The molecule has 1 aromatic heterocycles. The first-order valence-corrected chi connectivity index (χ1v) is 4.66. The van der Waals surface area contributed by atoms with E-state index in [1.54, 1.807) is 0 Å². The fourth-order valence-electron chi connectivity index (χ4n) is 1.24. The average Bonchev–Trinajstić information content (AvgIpc) is 2.28. The Morgan fingerprint density at radius 1 is 1.56 bits per heavy atom. The Morgan fingerprint density at radius 2 is 2.25 bits per heavy atom. The standard InChI is InChI=1S/C10H13NO5/c1-16-8(13)5-7(12)9(14)6-3-2-4-11-10(6)15/h2-4,7,9,12,14H,5H2,1H3,(H,11,15). The molecule has 3 N–H and O–H groups in total. The van der Waals surface area contributed by atoms with Gasteiger partial charge in [0, 0.05) is 11.8 Å². The molecular weight excluding hydrogens is 214 g/mol. The van der Waals surface area contributed by atoms with Crippen molar-refractivity contribution in [2.75, 3.05) is 7.11 Å². The Bertz CT molecular complexity index is 414. The summed E-state index contributed by atoms with van der Waals surface area (Å²) in [6, 6.07) is 2.90. The van der Waals surface area contributed by atoms with Crippen molar-refractivity contribution in [2.45, 2.75) is 18.6 Å². The summed E-state index contributed by atoms with van der Waals surface area (Å²) in [4.78, 5) is 24.5. The van der Waals surface area contributed by atoms with Gasteiger partial charge in [-0.15, -0.1) is 0 Å². The number of H-pyrrole nitrogens is 1. The zero-order valence-corrected chi connectivity index (χ0v) is 8.71. The van der Waals surface area contributed by atoms with E-state index in [0.717, 1.165) is 0 Å². The number of aliphatic hydroxyl groups is 2. The number of pyridine rings is 1. The van der Waals surface area contributed by atoms with Gasteiger partial charge < -0.3 is 19.9 Å². The van der Waals surface area contributed by atoms with E-state index in [4.69, 9.17) is 0 Å². The number of methoxy groups -OCH3 is 1. The van der Waals surface area contributed by atoms with E-state index in [0.29, 0.717) is 0 Å². The second kappa shape index (κ2) is 5.43. The fraction of sp³-hybridized carbons (Fsp3) is 0.400. The first-order chi connectivity index (χ1) is 7.56. The minimum atomic E-state index is -1.41. The number of aromatic nitrogens is 1. The maximum absolute atomic E-state index is 11.3. The Hall–Kier alpha value is -1.66. The molecule has 0 aliphatic rings. The zero-order valence-electron chi connectivity index (χ0n) is 8.71. The van der Waals surface area contributed by atoms with E-state index in [-0.39, 0.29) is 12.0 Å². The number of rotatable bonds is 4. The molecule has 0 bridgehead atoms. The third-order valence-electron chi connectivity index (χ3n) is 2.14. The lowest BCUT2D eigenvalue weighted by molar-refractivity contribution is -0.144. The number of ether oxygens (including phenoxy) is 1. The van der Waals surface area contributed by atoms with Crippen molar-refractivity contribution in [3.05, 3.63) is 34.2 Å². The number of hydrogen-bond donors (Lipinski definition) is 3. The molecule has 88 valence electrons. The van der Waals surface area contributed by atoms with E-state index in [2.05, 4.69) is 9.72 Å². The number of aromatic amines is 1. The fourth-order valence-corrected chi connectivity index (χ4v) is 1.24. The van der Waals surface area contributed by atoms with E-state index >= 15 is 0 Å². The highest BCUT2D eigenvalue weighted by Gasteiger charge is 2.23. The largest absolute Gasteiger partial charge is 0.469 e. The van der Waals surface area contributed by atoms with Gasteiger partial charge in [-0.05, 0) is 12.1 Å². The minimum absolute atomic E-state index is 0.0129. The maximum Gasteiger partial charge on any atom is 0.308 e. The third-order valence-corrected chi connectivity index (χ3v) is 2.14. The number of hydrogen-bond acceptors (Lipinski definition) is 5. The van der Waals surface area contributed by atoms with Crippen LogP contribution in [0.4, 0.5) is 0 Å². The molecule has 1 aromatic rings. The van der Waals surface area contributed by atoms with Gasteiger partial charge in [-0.1, -0.05) is 0 Å². The molecule has 6 nitrogen and oxygen atoms in total. The summed E-state index contributed by atoms with van der Waals surface area (Å²) in [7, 11) is 1.18. The second-order valence-corrected chi connectivity index (χ2v) is 3.25. The maximum atomic E-state index is 11.3. The van der Waals surface area contributed by atoms with Gasteiger partial charge in [0.15, 0.2) is 0 Å². The van der Waals surface area contributed by atoms with Crippen molar-refractivity contribution in [3.63, 3.8) is 0 Å². The van der Waals surface area contributed by atoms with Crippen LogP contribution in [-0.4, -0.2) is 34.4 Å². The smallest absolute Gasteiger partial charge is 0.308 e. The van der Waals surface area contributed by atoms with E-state index < -0.39 is 23.7 Å². The van der Waals surface area contributed by atoms with Crippen molar-refractivity contribution >= 4 is 5.97 Å². The summed E-state index contributed by atoms with van der Waals surface area (Å²) in [6.45, 7) is 0. The van der Waals surface area contributed by atoms with Crippen molar-refractivity contribution < 1.29 is 19.7 Å². The number of nitrogens with one attached hydrogen (secondary N) is 1. The van der Waals surface area contributed by atoms with Gasteiger partial charge in [0.2, 0.25) is 0 Å². The van der Waals surface area contributed by atoms with Crippen molar-refractivity contribution in [1.29, 1.82) is 0 Å². The van der Waals surface area contributed by atoms with Crippen LogP contribution in [0.3, 0.4) is 0 Å². The summed E-state index contributed by atoms with van der Waals surface area (Å²) in [6.07, 6.45) is -1.74. The monoisotopic (exact) mass is 227 g/mol. The molecule has 6 heteroatoms. The summed E-state index contributed by atoms with van der Waals surface area (Å²) < 4.78 is 4.34. The lowest BCUT2D eigenvalue weighted by Crippen LogP contribution is -2.27. The van der Waals surface area contributed by atoms with Gasteiger partial charge >= 0.3 is 5.97 Å². The highest BCUT2D eigenvalue weighted by molar-refractivity contribution is 5.69. The van der Waals surface area contributed by atoms with Crippen LogP contribution in [0.5, 0.6) is 0 Å². The zero-order chi connectivity index (χ0) is 12.1. The SMILES string of the molecule is COC(=O)CC(O)C(O)c1ccc[nH]c1=O. The van der Waals surface area contributed by atoms with Gasteiger partial charge in [-0.2, -0.15) is 0 Å². The Morgan fingerprint density at radius 3 is 2.81 bits per heavy atom. The molecule has 0 radical (unpaired) electrons. The predicted octanol–water partition coefficient (Wildman–Crippen LogP) is -0.668. The van der Waals surface area contributed by atoms with E-state index in [9.17, 15) is 19.8 Å². The van der Waals surface area contributed by atoms with Gasteiger partial charge in [0.25, 0.3) is 5.56 Å². The van der Waals surface area contributed by atoms with Crippen LogP contribution in [0.1, 0.15) is 18.1 Å². The summed E-state index contributed by atoms with van der Waals surface area (Å²) in [5, 5.41) is 19.1. The van der Waals surface area contributed by atoms with Crippen molar-refractivity contribution in [1.82, 2.24) is 4.98 Å². The summed E-state index contributed by atoms with van der Waals surface area (Å²) in [5.41, 5.74) is -0.488. The van der Waals surface area contributed by atoms with Crippen LogP contribution < -0.4 is 5.56 Å². The van der Waals surface area contributed by atoms with Crippen LogP contribution >= 0.6 is 0 Å². The first kappa shape index (κ1) is 12.4. The van der Waals surface area contributed by atoms with E-state index in [1.165, 1.54) is 25.4 Å². The minimum Gasteiger partial charge on any atom is -0.469 e. The molecule has 2 unspecified atom stereocenters. The van der Waals surface area contributed by atoms with Crippen LogP contribution in [-0.2, 0) is 9.53 Å². The Balaban J connectivity index is 2.78. The molecule has 16 heavy (non-hydrogen) atoms. The van der Waals surface area contributed by atoms with Gasteiger partial charge in [-0.25, -0.2) is 0 Å². The topological polar surface area (TPSA) is 99.6 Å². The molecule has 0 fully saturated rings. The van der Waals surface area contributed by atoms with Crippen LogP contribution in [0.2, 0.25) is 0 Å². The second-order valence-electron chi connectivity index (χ2n) is 3.25. The van der Waals surface area contributed by atoms with Gasteiger partial charge in [0.05, 0.1) is 19.6 Å². The lowest BCUT2D eigenvalue weighted by Gasteiger charge is -2.15. The molecule has 0 aliphatic heterocycles. The van der Waals surface area contributed by atoms with Gasteiger partial charge in [0.1, 0.15) is 6.10 Å². The molecule has 0 amide bonds. The molecule has 1 heterocycles. The quantitative estimate of drug-likeness (QED) is 0.592. The van der Waals surface area contributed by atoms with Crippen molar-refractivity contribution in [2.24, 2.45) is 0 Å². The Kier molecular flexibility index (Phi) is 4.21. The number of esters is 1. The third kappa shape index (κ3) is 2.91. The molecule has 2 atom stereocenters. The number of carbonyl (C=O) groups is 1. The Labute approximate surface area is 91.5 Å². The lowest BCUT2D eigenvalue weighted by atomic mass is 10.0. The molecule has 0 aliphatic carbocycles. The normalized spacial score (nSPS) is 14.2. The van der Waals surface area contributed by atoms with Gasteiger partial charge in [-0.3, -0.25) is 9.59 Å². The number of aliphatic hydroxyl groups excluding tert-OH is 2. The summed E-state index contributed by atoms with van der Waals surface area (Å²) >= 11 is 0. The van der Waals surface area contributed by atoms with Crippen LogP contribution in [0.15, 0.2) is 23.1 Å². The highest BCUT2D eigenvalue weighted by Crippen LogP contribution is 2.15. The highest BCUT2D eigenvalue weighted by atomic mass is 16.5. The number of carbonyl (C=O) groups excluding carboxylic acids is 1. The first-order valence-electron chi connectivity index (χ1n) is 4.66. The van der Waals surface area contributed by atoms with Crippen molar-refractivity contribution in [3.8, 4) is 0 Å². The molecule has 1 rings (SSSR count).